The van der Waals surface area contributed by atoms with E-state index in [1.165, 1.54) is 0 Å². The number of benzene rings is 1. The lowest BCUT2D eigenvalue weighted by Crippen LogP contribution is -2.12. The number of nitrogens with one attached hydrogen (secondary N) is 1. The quantitative estimate of drug-likeness (QED) is 0.500. The van der Waals surface area contributed by atoms with Gasteiger partial charge in [0.2, 0.25) is 11.6 Å². The van der Waals surface area contributed by atoms with Gasteiger partial charge in [0.05, 0.1) is 6.61 Å². The molecule has 0 aliphatic rings. The third-order valence-electron chi connectivity index (χ3n) is 2.91. The molecule has 0 radical (unpaired) electrons. The van der Waals surface area contributed by atoms with Gasteiger partial charge in [0.15, 0.2) is 0 Å². The van der Waals surface area contributed by atoms with E-state index in [-0.39, 0.29) is 13.2 Å². The minimum absolute atomic E-state index is 0.0859. The predicted octanol–water partition coefficient (Wildman–Crippen LogP) is 3.83. The highest BCUT2D eigenvalue weighted by Crippen LogP contribution is 2.21. The minimum Gasteiger partial charge on any atom is -0.494 e. The van der Waals surface area contributed by atoms with Crippen molar-refractivity contribution in [2.45, 2.75) is 13.3 Å². The highest BCUT2D eigenvalue weighted by atomic mass is 19.2. The summed E-state index contributed by atoms with van der Waals surface area (Å²) in [5, 5.41) is 2.31. The second kappa shape index (κ2) is 7.11. The zero-order valence-electron chi connectivity index (χ0n) is 11.8. The van der Waals surface area contributed by atoms with Gasteiger partial charge >= 0.3 is 0 Å². The molecule has 0 aliphatic carbocycles. The molecule has 2 aromatic rings. The van der Waals surface area contributed by atoms with Crippen LogP contribution in [0.1, 0.15) is 12.0 Å². The number of hydrogen-bond donors (Lipinski definition) is 1. The normalized spacial score (nSPS) is 10.6. The predicted molar refractivity (Wildman–Crippen MR) is 73.8 cm³/mol. The average molecular weight is 314 g/mol. The fourth-order valence-electron chi connectivity index (χ4n) is 1.75. The molecule has 0 amide bonds. The van der Waals surface area contributed by atoms with E-state index in [1.54, 1.807) is 12.1 Å². The van der Waals surface area contributed by atoms with Crippen molar-refractivity contribution in [1.29, 1.82) is 0 Å². The van der Waals surface area contributed by atoms with Crippen LogP contribution in [0.3, 0.4) is 0 Å². The maximum Gasteiger partial charge on any atom is 0.253 e. The summed E-state index contributed by atoms with van der Waals surface area (Å²) in [6.07, 6.45) is 0.387. The van der Waals surface area contributed by atoms with Gasteiger partial charge in [-0.25, -0.2) is 0 Å². The highest BCUT2D eigenvalue weighted by Gasteiger charge is 2.20. The van der Waals surface area contributed by atoms with E-state index >= 15 is 0 Å². The number of aromatic nitrogens is 1. The van der Waals surface area contributed by atoms with Gasteiger partial charge < -0.3 is 10.1 Å². The van der Waals surface area contributed by atoms with E-state index in [9.17, 15) is 17.6 Å². The number of pyridine rings is 1. The van der Waals surface area contributed by atoms with Gasteiger partial charge in [0, 0.05) is 6.54 Å². The molecule has 118 valence electrons. The molecule has 1 aromatic carbocycles. The summed E-state index contributed by atoms with van der Waals surface area (Å²) in [5.41, 5.74) is 0.238. The summed E-state index contributed by atoms with van der Waals surface area (Å²) in [6, 6.07) is 7.38. The molecule has 0 unspecified atom stereocenters. The molecular weight excluding hydrogens is 300 g/mol. The van der Waals surface area contributed by atoms with E-state index in [0.29, 0.717) is 12.2 Å². The first-order chi connectivity index (χ1) is 10.5. The SMILES string of the molecule is Cc1ccc(OCCCNc2c(F)c(F)nc(F)c2F)cc1. The van der Waals surface area contributed by atoms with Crippen LogP contribution in [0.4, 0.5) is 23.2 Å². The first-order valence-electron chi connectivity index (χ1n) is 6.62. The van der Waals surface area contributed by atoms with Gasteiger partial charge in [-0.1, -0.05) is 17.7 Å². The smallest absolute Gasteiger partial charge is 0.253 e. The van der Waals surface area contributed by atoms with Crippen LogP contribution < -0.4 is 10.1 Å². The van der Waals surface area contributed by atoms with Crippen LogP contribution in [-0.4, -0.2) is 18.1 Å². The van der Waals surface area contributed by atoms with Crippen LogP contribution in [0.25, 0.3) is 0 Å². The Balaban J connectivity index is 1.83. The standard InChI is InChI=1S/C15H14F4N2O/c1-9-3-5-10(6-4-9)22-8-2-7-20-13-11(16)14(18)21-15(19)12(13)17/h3-6H,2,7-8H2,1H3,(H,20,21). The summed E-state index contributed by atoms with van der Waals surface area (Å²) in [4.78, 5) is 2.48. The summed E-state index contributed by atoms with van der Waals surface area (Å²) >= 11 is 0. The van der Waals surface area contributed by atoms with E-state index in [2.05, 4.69) is 10.3 Å². The van der Waals surface area contributed by atoms with Gasteiger partial charge in [0.1, 0.15) is 11.4 Å². The summed E-state index contributed by atoms with van der Waals surface area (Å²) < 4.78 is 57.8. The molecule has 0 saturated heterocycles. The van der Waals surface area contributed by atoms with Crippen molar-refractivity contribution < 1.29 is 22.3 Å². The number of rotatable bonds is 6. The summed E-state index contributed by atoms with van der Waals surface area (Å²) in [5.74, 6) is -5.78. The average Bonchev–Trinajstić information content (AvgIpc) is 2.50. The number of anilines is 1. The zero-order chi connectivity index (χ0) is 16.1. The zero-order valence-corrected chi connectivity index (χ0v) is 11.8. The molecule has 0 bridgehead atoms. The van der Waals surface area contributed by atoms with E-state index in [0.717, 1.165) is 5.56 Å². The summed E-state index contributed by atoms with van der Waals surface area (Å²) in [6.45, 7) is 2.32. The van der Waals surface area contributed by atoms with Crippen molar-refractivity contribution in [3.8, 4) is 5.75 Å². The number of hydrogen-bond acceptors (Lipinski definition) is 3. The molecular formula is C15H14F4N2O. The Morgan fingerprint density at radius 1 is 1.00 bits per heavy atom. The Morgan fingerprint density at radius 2 is 1.59 bits per heavy atom. The first-order valence-corrected chi connectivity index (χ1v) is 6.62. The molecule has 0 fully saturated rings. The van der Waals surface area contributed by atoms with Crippen LogP contribution in [0, 0.1) is 30.5 Å². The van der Waals surface area contributed by atoms with Crippen LogP contribution in [-0.2, 0) is 0 Å². The molecule has 1 heterocycles. The van der Waals surface area contributed by atoms with Crippen molar-refractivity contribution in [3.05, 3.63) is 53.4 Å². The molecule has 1 N–H and O–H groups in total. The minimum atomic E-state index is -1.68. The molecule has 1 aromatic heterocycles. The maximum atomic E-state index is 13.3. The molecule has 3 nitrogen and oxygen atoms in total. The van der Waals surface area contributed by atoms with Crippen LogP contribution >= 0.6 is 0 Å². The van der Waals surface area contributed by atoms with Crippen molar-refractivity contribution in [3.63, 3.8) is 0 Å². The van der Waals surface area contributed by atoms with E-state index in [1.807, 2.05) is 19.1 Å². The largest absolute Gasteiger partial charge is 0.494 e. The van der Waals surface area contributed by atoms with Crippen molar-refractivity contribution in [1.82, 2.24) is 4.98 Å². The third-order valence-corrected chi connectivity index (χ3v) is 2.91. The van der Waals surface area contributed by atoms with Crippen molar-refractivity contribution >= 4 is 5.69 Å². The monoisotopic (exact) mass is 314 g/mol. The van der Waals surface area contributed by atoms with Gasteiger partial charge in [0.25, 0.3) is 11.9 Å². The Labute approximate surface area is 124 Å². The number of nitrogens with zero attached hydrogens (tertiary/aromatic N) is 1. The van der Waals surface area contributed by atoms with Gasteiger partial charge in [-0.2, -0.15) is 22.5 Å². The van der Waals surface area contributed by atoms with Crippen LogP contribution in [0.5, 0.6) is 5.75 Å². The maximum absolute atomic E-state index is 13.3. The Morgan fingerprint density at radius 3 is 2.18 bits per heavy atom. The van der Waals surface area contributed by atoms with Crippen molar-refractivity contribution in [2.24, 2.45) is 0 Å². The third kappa shape index (κ3) is 3.87. The van der Waals surface area contributed by atoms with Crippen molar-refractivity contribution in [2.75, 3.05) is 18.5 Å². The van der Waals surface area contributed by atoms with Gasteiger partial charge in [-0.05, 0) is 25.5 Å². The van der Waals surface area contributed by atoms with Crippen LogP contribution in [0.15, 0.2) is 24.3 Å². The molecule has 7 heteroatoms. The summed E-state index contributed by atoms with van der Waals surface area (Å²) in [7, 11) is 0. The molecule has 0 spiro atoms. The number of ether oxygens (including phenoxy) is 1. The second-order valence-electron chi connectivity index (χ2n) is 4.64. The molecule has 0 saturated carbocycles. The molecule has 0 aliphatic heterocycles. The van der Waals surface area contributed by atoms with Gasteiger partial charge in [-0.3, -0.25) is 0 Å². The second-order valence-corrected chi connectivity index (χ2v) is 4.64. The fourth-order valence-corrected chi connectivity index (χ4v) is 1.75. The fraction of sp³-hybridized carbons (Fsp3) is 0.267. The Bertz CT molecular complexity index is 621. The molecule has 0 atom stereocenters. The first kappa shape index (κ1) is 16.1. The van der Waals surface area contributed by atoms with E-state index < -0.39 is 29.2 Å². The number of aryl methyl sites for hydroxylation is 1. The van der Waals surface area contributed by atoms with Crippen LogP contribution in [0.2, 0.25) is 0 Å². The Hall–Kier alpha value is -2.31. The lowest BCUT2D eigenvalue weighted by molar-refractivity contribution is 0.314. The topological polar surface area (TPSA) is 34.1 Å². The Kier molecular flexibility index (Phi) is 5.19. The lowest BCUT2D eigenvalue weighted by Gasteiger charge is -2.10. The number of halogens is 4. The molecule has 22 heavy (non-hydrogen) atoms. The van der Waals surface area contributed by atoms with E-state index in [4.69, 9.17) is 4.74 Å². The molecule has 2 rings (SSSR count). The van der Waals surface area contributed by atoms with Gasteiger partial charge in [-0.15, -0.1) is 0 Å². The lowest BCUT2D eigenvalue weighted by atomic mass is 10.2. The highest BCUT2D eigenvalue weighted by molar-refractivity contribution is 5.45.